The minimum atomic E-state index is -0.0454. The lowest BCUT2D eigenvalue weighted by Crippen LogP contribution is -2.45. The Kier molecular flexibility index (Phi) is 6.65. The number of aromatic nitrogens is 1. The maximum absolute atomic E-state index is 12.8. The van der Waals surface area contributed by atoms with Gasteiger partial charge in [-0.05, 0) is 36.8 Å². The van der Waals surface area contributed by atoms with Crippen LogP contribution in [0.3, 0.4) is 0 Å². The molecule has 3 unspecified atom stereocenters. The van der Waals surface area contributed by atoms with E-state index >= 15 is 0 Å². The van der Waals surface area contributed by atoms with Gasteiger partial charge in [0.1, 0.15) is 0 Å². The molecule has 1 aromatic rings. The molecule has 3 rings (SSSR count). The van der Waals surface area contributed by atoms with Gasteiger partial charge in [-0.1, -0.05) is 13.3 Å². The van der Waals surface area contributed by atoms with Crippen LogP contribution in [0.5, 0.6) is 0 Å². The summed E-state index contributed by atoms with van der Waals surface area (Å²) >= 11 is 0. The van der Waals surface area contributed by atoms with Crippen molar-refractivity contribution >= 4 is 17.7 Å². The molecule has 7 nitrogen and oxygen atoms in total. The van der Waals surface area contributed by atoms with Crippen LogP contribution in [0.15, 0.2) is 24.5 Å². The lowest BCUT2D eigenvalue weighted by Gasteiger charge is -2.38. The van der Waals surface area contributed by atoms with Crippen molar-refractivity contribution in [2.45, 2.75) is 45.6 Å². The molecule has 0 saturated carbocycles. The largest absolute Gasteiger partial charge is 0.352 e. The standard InChI is InChI=1S/C21H30N4O3/c1-3-16-13-25(21(28)18-5-4-8-22-12-18)9-6-17(16)11-20(27)24-10-7-19(14-24)23-15(2)26/h4-5,8,12,16-17,19H,3,6-7,9-11,13-14H2,1-2H3,(H,23,26). The molecule has 0 aliphatic carbocycles. The minimum Gasteiger partial charge on any atom is -0.352 e. The Bertz CT molecular complexity index is 709. The van der Waals surface area contributed by atoms with E-state index in [2.05, 4.69) is 17.2 Å². The van der Waals surface area contributed by atoms with E-state index in [9.17, 15) is 14.4 Å². The maximum atomic E-state index is 12.8. The predicted molar refractivity (Wildman–Crippen MR) is 105 cm³/mol. The monoisotopic (exact) mass is 386 g/mol. The Balaban J connectivity index is 1.54. The minimum absolute atomic E-state index is 0.0222. The van der Waals surface area contributed by atoms with Crippen molar-refractivity contribution in [1.29, 1.82) is 0 Å². The Morgan fingerprint density at radius 1 is 1.14 bits per heavy atom. The Labute approximate surface area is 166 Å². The fourth-order valence-electron chi connectivity index (χ4n) is 4.41. The number of nitrogens with one attached hydrogen (secondary N) is 1. The van der Waals surface area contributed by atoms with Gasteiger partial charge in [-0.15, -0.1) is 0 Å². The summed E-state index contributed by atoms with van der Waals surface area (Å²) < 4.78 is 0. The van der Waals surface area contributed by atoms with Crippen LogP contribution < -0.4 is 5.32 Å². The van der Waals surface area contributed by atoms with Gasteiger partial charge in [0.25, 0.3) is 5.91 Å². The summed E-state index contributed by atoms with van der Waals surface area (Å²) in [4.78, 5) is 44.5. The number of hydrogen-bond donors (Lipinski definition) is 1. The molecule has 0 bridgehead atoms. The van der Waals surface area contributed by atoms with Crippen LogP contribution >= 0.6 is 0 Å². The fraction of sp³-hybridized carbons (Fsp3) is 0.619. The summed E-state index contributed by atoms with van der Waals surface area (Å²) in [5, 5.41) is 2.90. The molecular formula is C21H30N4O3. The van der Waals surface area contributed by atoms with Gasteiger partial charge in [-0.2, -0.15) is 0 Å². The maximum Gasteiger partial charge on any atom is 0.255 e. The summed E-state index contributed by atoms with van der Waals surface area (Å²) in [6, 6.07) is 3.65. The quantitative estimate of drug-likeness (QED) is 0.835. The van der Waals surface area contributed by atoms with Gasteiger partial charge < -0.3 is 15.1 Å². The van der Waals surface area contributed by atoms with E-state index in [1.54, 1.807) is 24.5 Å². The highest BCUT2D eigenvalue weighted by molar-refractivity contribution is 5.94. The highest BCUT2D eigenvalue weighted by atomic mass is 16.2. The summed E-state index contributed by atoms with van der Waals surface area (Å²) in [6.45, 7) is 6.32. The summed E-state index contributed by atoms with van der Waals surface area (Å²) in [6.07, 6.45) is 6.42. The van der Waals surface area contributed by atoms with Gasteiger partial charge in [0, 0.05) is 58.0 Å². The molecule has 3 amide bonds. The van der Waals surface area contributed by atoms with Crippen LogP contribution in [0.1, 0.15) is 49.9 Å². The van der Waals surface area contributed by atoms with E-state index < -0.39 is 0 Å². The topological polar surface area (TPSA) is 82.6 Å². The van der Waals surface area contributed by atoms with Gasteiger partial charge in [0.2, 0.25) is 11.8 Å². The van der Waals surface area contributed by atoms with Gasteiger partial charge >= 0.3 is 0 Å². The van der Waals surface area contributed by atoms with Crippen LogP contribution in [0, 0.1) is 11.8 Å². The number of carbonyl (C=O) groups is 3. The molecule has 1 aromatic heterocycles. The number of rotatable bonds is 5. The van der Waals surface area contributed by atoms with Crippen LogP contribution in [-0.2, 0) is 9.59 Å². The van der Waals surface area contributed by atoms with E-state index in [-0.39, 0.29) is 23.8 Å². The average molecular weight is 386 g/mol. The first kappa shape index (κ1) is 20.3. The first-order valence-electron chi connectivity index (χ1n) is 10.2. The van der Waals surface area contributed by atoms with Crippen molar-refractivity contribution in [2.24, 2.45) is 11.8 Å². The van der Waals surface area contributed by atoms with E-state index in [0.29, 0.717) is 50.0 Å². The normalized spacial score (nSPS) is 24.9. The van der Waals surface area contributed by atoms with E-state index in [1.807, 2.05) is 9.80 Å². The first-order valence-corrected chi connectivity index (χ1v) is 10.2. The SMILES string of the molecule is CCC1CN(C(=O)c2cccnc2)CCC1CC(=O)N1CCC(NC(C)=O)C1. The van der Waals surface area contributed by atoms with Crippen molar-refractivity contribution < 1.29 is 14.4 Å². The Morgan fingerprint density at radius 2 is 1.93 bits per heavy atom. The number of pyridine rings is 1. The predicted octanol–water partition coefficient (Wildman–Crippen LogP) is 1.70. The molecule has 2 saturated heterocycles. The second kappa shape index (κ2) is 9.17. The van der Waals surface area contributed by atoms with Gasteiger partial charge in [-0.25, -0.2) is 0 Å². The van der Waals surface area contributed by atoms with E-state index in [1.165, 1.54) is 6.92 Å². The van der Waals surface area contributed by atoms with Crippen LogP contribution in [0.25, 0.3) is 0 Å². The van der Waals surface area contributed by atoms with Crippen LogP contribution in [0.4, 0.5) is 0 Å². The van der Waals surface area contributed by atoms with E-state index in [0.717, 1.165) is 19.3 Å². The zero-order valence-electron chi connectivity index (χ0n) is 16.8. The van der Waals surface area contributed by atoms with Crippen molar-refractivity contribution in [2.75, 3.05) is 26.2 Å². The van der Waals surface area contributed by atoms with Gasteiger partial charge in [-0.3, -0.25) is 19.4 Å². The average Bonchev–Trinajstić information content (AvgIpc) is 3.16. The molecule has 7 heteroatoms. The zero-order valence-corrected chi connectivity index (χ0v) is 16.8. The number of piperidine rings is 1. The molecule has 28 heavy (non-hydrogen) atoms. The molecule has 152 valence electrons. The van der Waals surface area contributed by atoms with Crippen molar-refractivity contribution in [3.8, 4) is 0 Å². The smallest absolute Gasteiger partial charge is 0.255 e. The van der Waals surface area contributed by atoms with Crippen LogP contribution in [-0.4, -0.2) is 64.7 Å². The first-order chi connectivity index (χ1) is 13.5. The van der Waals surface area contributed by atoms with Gasteiger partial charge in [0.05, 0.1) is 5.56 Å². The number of amides is 3. The second-order valence-electron chi connectivity index (χ2n) is 7.94. The van der Waals surface area contributed by atoms with Crippen molar-refractivity contribution in [3.63, 3.8) is 0 Å². The van der Waals surface area contributed by atoms with Crippen molar-refractivity contribution in [1.82, 2.24) is 20.1 Å². The second-order valence-corrected chi connectivity index (χ2v) is 7.94. The van der Waals surface area contributed by atoms with Crippen molar-refractivity contribution in [3.05, 3.63) is 30.1 Å². The number of nitrogens with zero attached hydrogens (tertiary/aromatic N) is 3. The third-order valence-electron chi connectivity index (χ3n) is 6.00. The van der Waals surface area contributed by atoms with E-state index in [4.69, 9.17) is 0 Å². The number of carbonyl (C=O) groups excluding carboxylic acids is 3. The molecule has 2 aliphatic heterocycles. The Hall–Kier alpha value is -2.44. The molecule has 3 atom stereocenters. The third kappa shape index (κ3) is 4.88. The molecular weight excluding hydrogens is 356 g/mol. The lowest BCUT2D eigenvalue weighted by molar-refractivity contribution is -0.132. The molecule has 0 radical (unpaired) electrons. The molecule has 0 spiro atoms. The Morgan fingerprint density at radius 3 is 2.61 bits per heavy atom. The molecule has 1 N–H and O–H groups in total. The molecule has 3 heterocycles. The molecule has 2 fully saturated rings. The summed E-state index contributed by atoms with van der Waals surface area (Å²) in [5.74, 6) is 0.774. The fourth-order valence-corrected chi connectivity index (χ4v) is 4.41. The van der Waals surface area contributed by atoms with Gasteiger partial charge in [0.15, 0.2) is 0 Å². The molecule has 0 aromatic carbocycles. The highest BCUT2D eigenvalue weighted by Gasteiger charge is 2.34. The number of hydrogen-bond acceptors (Lipinski definition) is 4. The zero-order chi connectivity index (χ0) is 20.1. The molecule has 2 aliphatic rings. The third-order valence-corrected chi connectivity index (χ3v) is 6.00. The highest BCUT2D eigenvalue weighted by Crippen LogP contribution is 2.30. The number of likely N-dealkylation sites (tertiary alicyclic amines) is 2. The summed E-state index contributed by atoms with van der Waals surface area (Å²) in [7, 11) is 0. The summed E-state index contributed by atoms with van der Waals surface area (Å²) in [5.41, 5.74) is 0.618. The van der Waals surface area contributed by atoms with Crippen LogP contribution in [0.2, 0.25) is 0 Å². The lowest BCUT2D eigenvalue weighted by atomic mass is 9.81.